The minimum atomic E-state index is -0.420. The molecule has 1 aromatic rings. The van der Waals surface area contributed by atoms with Gasteiger partial charge in [-0.3, -0.25) is 9.48 Å². The molecule has 0 spiro atoms. The van der Waals surface area contributed by atoms with Crippen molar-refractivity contribution in [1.82, 2.24) is 14.7 Å². The Balaban J connectivity index is 2.40. The van der Waals surface area contributed by atoms with E-state index in [1.807, 2.05) is 0 Å². The highest BCUT2D eigenvalue weighted by molar-refractivity contribution is 5.89. The highest BCUT2D eigenvalue weighted by atomic mass is 16.5. The topological polar surface area (TPSA) is 64.4 Å². The van der Waals surface area contributed by atoms with E-state index >= 15 is 0 Å². The van der Waals surface area contributed by atoms with Crippen LogP contribution in [0.25, 0.3) is 0 Å². The highest BCUT2D eigenvalue weighted by Gasteiger charge is 2.26. The molecule has 86 valence electrons. The van der Waals surface area contributed by atoms with Crippen molar-refractivity contribution in [2.24, 2.45) is 7.05 Å². The first-order valence-corrected chi connectivity index (χ1v) is 4.99. The van der Waals surface area contributed by atoms with Crippen molar-refractivity contribution in [3.05, 3.63) is 17.0 Å². The first-order valence-electron chi connectivity index (χ1n) is 4.99. The molecule has 0 atom stereocenters. The smallest absolute Gasteiger partial charge is 0.358 e. The minimum Gasteiger partial charge on any atom is -0.464 e. The number of carbonyl (C=O) groups is 2. The van der Waals surface area contributed by atoms with Crippen molar-refractivity contribution in [1.29, 1.82) is 0 Å². The fourth-order valence-corrected chi connectivity index (χ4v) is 1.94. The van der Waals surface area contributed by atoms with E-state index in [0.29, 0.717) is 25.2 Å². The maximum atomic E-state index is 11.5. The second kappa shape index (κ2) is 3.96. The van der Waals surface area contributed by atoms with Crippen molar-refractivity contribution in [2.45, 2.75) is 13.0 Å². The number of aryl methyl sites for hydroxylation is 1. The van der Waals surface area contributed by atoms with E-state index in [2.05, 4.69) is 9.84 Å². The Labute approximate surface area is 92.8 Å². The van der Waals surface area contributed by atoms with E-state index in [1.165, 1.54) is 7.11 Å². The van der Waals surface area contributed by atoms with E-state index in [4.69, 9.17) is 0 Å². The third-order valence-corrected chi connectivity index (χ3v) is 2.80. The summed E-state index contributed by atoms with van der Waals surface area (Å²) in [4.78, 5) is 23.8. The van der Waals surface area contributed by atoms with Crippen LogP contribution < -0.4 is 0 Å². The molecule has 0 saturated heterocycles. The van der Waals surface area contributed by atoms with Gasteiger partial charge in [-0.1, -0.05) is 0 Å². The van der Waals surface area contributed by atoms with Crippen LogP contribution in [0.2, 0.25) is 0 Å². The van der Waals surface area contributed by atoms with Crippen LogP contribution in [0.1, 0.15) is 21.7 Å². The SMILES string of the molecule is COC(=O)c1nn(C)c2c1CCN(C=O)C2. The molecule has 2 rings (SSSR count). The normalized spacial score (nSPS) is 14.5. The van der Waals surface area contributed by atoms with Gasteiger partial charge in [-0.15, -0.1) is 0 Å². The van der Waals surface area contributed by atoms with Crippen molar-refractivity contribution in [3.63, 3.8) is 0 Å². The molecule has 0 aliphatic carbocycles. The van der Waals surface area contributed by atoms with Crippen LogP contribution in [0.3, 0.4) is 0 Å². The molecule has 2 heterocycles. The van der Waals surface area contributed by atoms with Crippen LogP contribution in [-0.2, 0) is 29.5 Å². The fourth-order valence-electron chi connectivity index (χ4n) is 1.94. The number of hydrogen-bond acceptors (Lipinski definition) is 4. The monoisotopic (exact) mass is 223 g/mol. The number of ether oxygens (including phenoxy) is 1. The van der Waals surface area contributed by atoms with Gasteiger partial charge in [0.05, 0.1) is 19.3 Å². The average Bonchev–Trinajstić information content (AvgIpc) is 2.65. The Kier molecular flexibility index (Phi) is 2.64. The number of fused-ring (bicyclic) bond motifs is 1. The molecule has 1 aliphatic rings. The first-order chi connectivity index (χ1) is 7.67. The van der Waals surface area contributed by atoms with Crippen molar-refractivity contribution < 1.29 is 14.3 Å². The van der Waals surface area contributed by atoms with Crippen LogP contribution in [0.5, 0.6) is 0 Å². The van der Waals surface area contributed by atoms with E-state index in [0.717, 1.165) is 17.7 Å². The molecule has 0 unspecified atom stereocenters. The van der Waals surface area contributed by atoms with Gasteiger partial charge in [-0.25, -0.2) is 4.79 Å². The highest BCUT2D eigenvalue weighted by Crippen LogP contribution is 2.21. The van der Waals surface area contributed by atoms with Gasteiger partial charge >= 0.3 is 5.97 Å². The van der Waals surface area contributed by atoms with Gasteiger partial charge in [0.15, 0.2) is 5.69 Å². The zero-order valence-corrected chi connectivity index (χ0v) is 9.27. The van der Waals surface area contributed by atoms with Gasteiger partial charge in [0.25, 0.3) is 0 Å². The number of nitrogens with zero attached hydrogens (tertiary/aromatic N) is 3. The molecule has 0 N–H and O–H groups in total. The van der Waals surface area contributed by atoms with Gasteiger partial charge in [-0.2, -0.15) is 5.10 Å². The summed E-state index contributed by atoms with van der Waals surface area (Å²) in [6.45, 7) is 1.12. The van der Waals surface area contributed by atoms with E-state index in [1.54, 1.807) is 16.6 Å². The number of esters is 1. The van der Waals surface area contributed by atoms with Crippen LogP contribution in [0, 0.1) is 0 Å². The number of rotatable bonds is 2. The third kappa shape index (κ3) is 1.56. The summed E-state index contributed by atoms with van der Waals surface area (Å²) in [7, 11) is 3.10. The molecule has 0 aromatic carbocycles. The Morgan fingerprint density at radius 2 is 2.31 bits per heavy atom. The van der Waals surface area contributed by atoms with Crippen molar-refractivity contribution in [2.75, 3.05) is 13.7 Å². The Morgan fingerprint density at radius 3 is 2.94 bits per heavy atom. The summed E-state index contributed by atoms with van der Waals surface area (Å²) in [6.07, 6.45) is 1.46. The predicted octanol–water partition coefficient (Wildman–Crippen LogP) is -0.279. The summed E-state index contributed by atoms with van der Waals surface area (Å²) >= 11 is 0. The summed E-state index contributed by atoms with van der Waals surface area (Å²) < 4.78 is 6.31. The molecule has 0 radical (unpaired) electrons. The summed E-state index contributed by atoms with van der Waals surface area (Å²) in [5.41, 5.74) is 2.16. The zero-order valence-electron chi connectivity index (χ0n) is 9.27. The summed E-state index contributed by atoms with van der Waals surface area (Å²) in [6, 6.07) is 0. The number of carbonyl (C=O) groups excluding carboxylic acids is 2. The second-order valence-corrected chi connectivity index (χ2v) is 3.71. The van der Waals surface area contributed by atoms with E-state index in [9.17, 15) is 9.59 Å². The average molecular weight is 223 g/mol. The lowest BCUT2D eigenvalue weighted by Gasteiger charge is -2.23. The third-order valence-electron chi connectivity index (χ3n) is 2.80. The quantitative estimate of drug-likeness (QED) is 0.511. The molecule has 16 heavy (non-hydrogen) atoms. The Morgan fingerprint density at radius 1 is 1.56 bits per heavy atom. The maximum absolute atomic E-state index is 11.5. The number of aromatic nitrogens is 2. The predicted molar refractivity (Wildman–Crippen MR) is 54.7 cm³/mol. The molecule has 1 aliphatic heterocycles. The lowest BCUT2D eigenvalue weighted by molar-refractivity contribution is -0.119. The molecule has 6 heteroatoms. The van der Waals surface area contributed by atoms with E-state index < -0.39 is 5.97 Å². The molecule has 0 fully saturated rings. The second-order valence-electron chi connectivity index (χ2n) is 3.71. The molecular weight excluding hydrogens is 210 g/mol. The number of amides is 1. The Bertz CT molecular complexity index is 439. The van der Waals surface area contributed by atoms with Crippen LogP contribution in [0.15, 0.2) is 0 Å². The fraction of sp³-hybridized carbons (Fsp3) is 0.500. The standard InChI is InChI=1S/C10H13N3O3/c1-12-8-5-13(6-14)4-3-7(8)9(11-12)10(15)16-2/h6H,3-5H2,1-2H3. The molecule has 1 amide bonds. The summed E-state index contributed by atoms with van der Waals surface area (Å²) in [5.74, 6) is -0.420. The van der Waals surface area contributed by atoms with E-state index in [-0.39, 0.29) is 0 Å². The van der Waals surface area contributed by atoms with Crippen molar-refractivity contribution >= 4 is 12.4 Å². The van der Waals surface area contributed by atoms with Crippen LogP contribution in [0.4, 0.5) is 0 Å². The van der Waals surface area contributed by atoms with Gasteiger partial charge in [0.2, 0.25) is 6.41 Å². The molecular formula is C10H13N3O3. The van der Waals surface area contributed by atoms with Crippen LogP contribution >= 0.6 is 0 Å². The molecule has 6 nitrogen and oxygen atoms in total. The largest absolute Gasteiger partial charge is 0.464 e. The maximum Gasteiger partial charge on any atom is 0.358 e. The van der Waals surface area contributed by atoms with Gasteiger partial charge in [0.1, 0.15) is 0 Å². The van der Waals surface area contributed by atoms with Gasteiger partial charge in [-0.05, 0) is 6.42 Å². The first kappa shape index (κ1) is 10.7. The van der Waals surface area contributed by atoms with Gasteiger partial charge < -0.3 is 9.64 Å². The lowest BCUT2D eigenvalue weighted by Crippen LogP contribution is -2.30. The lowest BCUT2D eigenvalue weighted by atomic mass is 10.0. The molecule has 0 saturated carbocycles. The summed E-state index contributed by atoms with van der Waals surface area (Å²) in [5, 5.41) is 4.13. The number of methoxy groups -OCH3 is 1. The Hall–Kier alpha value is -1.85. The number of hydrogen-bond donors (Lipinski definition) is 0. The van der Waals surface area contributed by atoms with Crippen LogP contribution in [-0.4, -0.2) is 40.7 Å². The molecule has 1 aromatic heterocycles. The van der Waals surface area contributed by atoms with Crippen molar-refractivity contribution in [3.8, 4) is 0 Å². The molecule has 0 bridgehead atoms. The zero-order chi connectivity index (χ0) is 11.7. The van der Waals surface area contributed by atoms with Gasteiger partial charge in [0, 0.05) is 19.2 Å². The minimum absolute atomic E-state index is 0.366.